The molecule has 90 valence electrons. The average Bonchev–Trinajstić information content (AvgIpc) is 2.86. The van der Waals surface area contributed by atoms with Gasteiger partial charge in [-0.2, -0.15) is 0 Å². The second kappa shape index (κ2) is 4.58. The van der Waals surface area contributed by atoms with Crippen LogP contribution in [0, 0.1) is 0 Å². The maximum atomic E-state index is 4.49. The first-order chi connectivity index (χ1) is 8.40. The smallest absolute Gasteiger partial charge is 0.141 e. The minimum absolute atomic E-state index is 0.543. The number of rotatable bonds is 2. The van der Waals surface area contributed by atoms with E-state index in [4.69, 9.17) is 0 Å². The van der Waals surface area contributed by atoms with Crippen LogP contribution in [0.2, 0.25) is 0 Å². The molecule has 2 aromatic rings. The van der Waals surface area contributed by atoms with Gasteiger partial charge in [-0.25, -0.2) is 9.97 Å². The predicted octanol–water partition coefficient (Wildman–Crippen LogP) is 1.88. The van der Waals surface area contributed by atoms with Crippen molar-refractivity contribution in [1.29, 1.82) is 0 Å². The lowest BCUT2D eigenvalue weighted by molar-refractivity contribution is 0.464. The molecule has 0 aromatic carbocycles. The lowest BCUT2D eigenvalue weighted by atomic mass is 10.1. The zero-order valence-corrected chi connectivity index (χ0v) is 10.7. The van der Waals surface area contributed by atoms with Crippen molar-refractivity contribution in [3.63, 3.8) is 0 Å². The molecule has 1 saturated heterocycles. The largest absolute Gasteiger partial charge is 0.350 e. The molecule has 2 aromatic heterocycles. The maximum absolute atomic E-state index is 4.49. The molecule has 1 fully saturated rings. The summed E-state index contributed by atoms with van der Waals surface area (Å²) in [5.74, 6) is 1.10. The van der Waals surface area contributed by atoms with Crippen LogP contribution in [-0.2, 0) is 0 Å². The minimum Gasteiger partial charge on any atom is -0.350 e. The van der Waals surface area contributed by atoms with E-state index in [0.717, 1.165) is 36.7 Å². The van der Waals surface area contributed by atoms with E-state index >= 15 is 0 Å². The number of fused-ring (bicyclic) bond motifs is 1. The van der Waals surface area contributed by atoms with E-state index in [-0.39, 0.29) is 0 Å². The fraction of sp³-hybridized carbons (Fsp3) is 0.500. The van der Waals surface area contributed by atoms with E-state index < -0.39 is 0 Å². The third kappa shape index (κ3) is 1.89. The van der Waals surface area contributed by atoms with Crippen molar-refractivity contribution in [2.45, 2.75) is 19.4 Å². The van der Waals surface area contributed by atoms with Crippen LogP contribution in [-0.4, -0.2) is 35.6 Å². The third-order valence-electron chi connectivity index (χ3n) is 3.33. The summed E-state index contributed by atoms with van der Waals surface area (Å²) in [5, 5.41) is 6.73. The van der Waals surface area contributed by atoms with E-state index in [1.54, 1.807) is 17.7 Å². The van der Waals surface area contributed by atoms with Crippen LogP contribution in [0.25, 0.3) is 10.2 Å². The lowest BCUT2D eigenvalue weighted by Gasteiger charge is -2.36. The Morgan fingerprint density at radius 3 is 3.35 bits per heavy atom. The summed E-state index contributed by atoms with van der Waals surface area (Å²) < 4.78 is 0. The van der Waals surface area contributed by atoms with Crippen LogP contribution in [0.15, 0.2) is 17.8 Å². The summed E-state index contributed by atoms with van der Waals surface area (Å²) in [4.78, 5) is 12.3. The molecule has 0 saturated carbocycles. The van der Waals surface area contributed by atoms with Crippen LogP contribution in [0.5, 0.6) is 0 Å². The van der Waals surface area contributed by atoms with Gasteiger partial charge in [0.15, 0.2) is 0 Å². The van der Waals surface area contributed by atoms with Crippen molar-refractivity contribution in [1.82, 2.24) is 15.3 Å². The van der Waals surface area contributed by atoms with Gasteiger partial charge in [-0.1, -0.05) is 6.92 Å². The van der Waals surface area contributed by atoms with Crippen molar-refractivity contribution < 1.29 is 0 Å². The van der Waals surface area contributed by atoms with E-state index in [2.05, 4.69) is 38.6 Å². The molecule has 3 heterocycles. The molecule has 1 aliphatic heterocycles. The highest BCUT2D eigenvalue weighted by atomic mass is 32.1. The minimum atomic E-state index is 0.543. The Hall–Kier alpha value is -1.20. The van der Waals surface area contributed by atoms with Crippen LogP contribution >= 0.6 is 11.3 Å². The van der Waals surface area contributed by atoms with Gasteiger partial charge >= 0.3 is 0 Å². The van der Waals surface area contributed by atoms with Crippen molar-refractivity contribution in [3.05, 3.63) is 17.8 Å². The Balaban J connectivity index is 2.04. The number of nitrogens with one attached hydrogen (secondary N) is 1. The molecule has 0 spiro atoms. The molecule has 1 N–H and O–H groups in total. The SMILES string of the molecule is CCC1CNCCN1c1ncnc2sccc12. The summed E-state index contributed by atoms with van der Waals surface area (Å²) in [6.07, 6.45) is 2.82. The maximum Gasteiger partial charge on any atom is 0.141 e. The van der Waals surface area contributed by atoms with Crippen molar-refractivity contribution >= 4 is 27.4 Å². The highest BCUT2D eigenvalue weighted by Gasteiger charge is 2.23. The van der Waals surface area contributed by atoms with Gasteiger partial charge in [-0.3, -0.25) is 0 Å². The molecule has 0 aliphatic carbocycles. The summed E-state index contributed by atoms with van der Waals surface area (Å²) in [6, 6.07) is 2.67. The highest BCUT2D eigenvalue weighted by Crippen LogP contribution is 2.28. The standard InChI is InChI=1S/C12H16N4S/c1-2-9-7-13-4-5-16(9)11-10-3-6-17-12(10)15-8-14-11/h3,6,8-9,13H,2,4-5,7H2,1H3. The molecule has 1 aliphatic rings. The van der Waals surface area contributed by atoms with E-state index in [0.29, 0.717) is 6.04 Å². The Kier molecular flexibility index (Phi) is 2.94. The van der Waals surface area contributed by atoms with Crippen molar-refractivity contribution in [3.8, 4) is 0 Å². The average molecular weight is 248 g/mol. The molecule has 17 heavy (non-hydrogen) atoms. The first-order valence-corrected chi connectivity index (χ1v) is 6.93. The van der Waals surface area contributed by atoms with Gasteiger partial charge in [0.2, 0.25) is 0 Å². The Labute approximate surface area is 105 Å². The molecular weight excluding hydrogens is 232 g/mol. The zero-order valence-electron chi connectivity index (χ0n) is 9.89. The third-order valence-corrected chi connectivity index (χ3v) is 4.15. The van der Waals surface area contributed by atoms with Crippen LogP contribution in [0.1, 0.15) is 13.3 Å². The molecule has 0 amide bonds. The van der Waals surface area contributed by atoms with Gasteiger partial charge in [0.1, 0.15) is 17.0 Å². The molecule has 4 nitrogen and oxygen atoms in total. The number of nitrogens with zero attached hydrogens (tertiary/aromatic N) is 3. The van der Waals surface area contributed by atoms with Gasteiger partial charge in [0.05, 0.1) is 5.39 Å². The van der Waals surface area contributed by atoms with Crippen molar-refractivity contribution in [2.24, 2.45) is 0 Å². The van der Waals surface area contributed by atoms with Crippen LogP contribution in [0.3, 0.4) is 0 Å². The summed E-state index contributed by atoms with van der Waals surface area (Å²) in [5.41, 5.74) is 0. The number of anilines is 1. The lowest BCUT2D eigenvalue weighted by Crippen LogP contribution is -2.51. The first kappa shape index (κ1) is 10.9. The fourth-order valence-electron chi connectivity index (χ4n) is 2.41. The Bertz CT molecular complexity index is 510. The van der Waals surface area contributed by atoms with Crippen LogP contribution < -0.4 is 10.2 Å². The fourth-order valence-corrected chi connectivity index (χ4v) is 3.14. The number of hydrogen-bond acceptors (Lipinski definition) is 5. The van der Waals surface area contributed by atoms with E-state index in [1.165, 1.54) is 5.39 Å². The second-order valence-corrected chi connectivity index (χ2v) is 5.19. The quantitative estimate of drug-likeness (QED) is 0.881. The monoisotopic (exact) mass is 248 g/mol. The Morgan fingerprint density at radius 1 is 1.53 bits per heavy atom. The second-order valence-electron chi connectivity index (χ2n) is 4.30. The number of aromatic nitrogens is 2. The van der Waals surface area contributed by atoms with Gasteiger partial charge in [-0.15, -0.1) is 11.3 Å². The van der Waals surface area contributed by atoms with Crippen LogP contribution in [0.4, 0.5) is 5.82 Å². The summed E-state index contributed by atoms with van der Waals surface area (Å²) >= 11 is 1.68. The summed E-state index contributed by atoms with van der Waals surface area (Å²) in [6.45, 7) is 5.34. The van der Waals surface area contributed by atoms with E-state index in [1.807, 2.05) is 0 Å². The zero-order chi connectivity index (χ0) is 11.7. The predicted molar refractivity (Wildman–Crippen MR) is 71.7 cm³/mol. The normalized spacial score (nSPS) is 21.0. The molecule has 3 rings (SSSR count). The molecule has 0 radical (unpaired) electrons. The topological polar surface area (TPSA) is 41.0 Å². The number of hydrogen-bond donors (Lipinski definition) is 1. The van der Waals surface area contributed by atoms with Gasteiger partial charge in [0, 0.05) is 25.7 Å². The molecular formula is C12H16N4S. The van der Waals surface area contributed by atoms with Gasteiger partial charge in [-0.05, 0) is 17.9 Å². The van der Waals surface area contributed by atoms with Gasteiger partial charge in [0.25, 0.3) is 0 Å². The first-order valence-electron chi connectivity index (χ1n) is 6.05. The number of piperazine rings is 1. The van der Waals surface area contributed by atoms with Crippen molar-refractivity contribution in [2.75, 3.05) is 24.5 Å². The molecule has 1 atom stereocenters. The molecule has 5 heteroatoms. The molecule has 0 bridgehead atoms. The number of thiophene rings is 1. The van der Waals surface area contributed by atoms with Gasteiger partial charge < -0.3 is 10.2 Å². The molecule has 1 unspecified atom stereocenters. The van der Waals surface area contributed by atoms with E-state index in [9.17, 15) is 0 Å². The Morgan fingerprint density at radius 2 is 2.47 bits per heavy atom. The highest BCUT2D eigenvalue weighted by molar-refractivity contribution is 7.16. The summed E-state index contributed by atoms with van der Waals surface area (Å²) in [7, 11) is 0.